The molecule has 0 aromatic carbocycles. The van der Waals surface area contributed by atoms with Crippen LogP contribution in [-0.4, -0.2) is 39.4 Å². The summed E-state index contributed by atoms with van der Waals surface area (Å²) in [4.78, 5) is 13.6. The highest BCUT2D eigenvalue weighted by atomic mass is 16.3. The van der Waals surface area contributed by atoms with Crippen LogP contribution in [-0.2, 0) is 4.79 Å². The molecule has 2 saturated carbocycles. The standard InChI is InChI=1S/C20H28O4/c1-10-8-19-6-5-14-15(18(14,3)4)13(17(19)23)7-12(9-21)16(22)20(19,24)11(10)2/h7-8,11,13-16,21-22,24H,5-6,9H2,1-4H3. The van der Waals surface area contributed by atoms with Crippen LogP contribution in [0, 0.1) is 34.5 Å². The number of aliphatic hydroxyl groups excluding tert-OH is 2. The van der Waals surface area contributed by atoms with E-state index in [9.17, 15) is 20.1 Å². The van der Waals surface area contributed by atoms with Crippen molar-refractivity contribution in [2.24, 2.45) is 34.5 Å². The van der Waals surface area contributed by atoms with Gasteiger partial charge in [-0.25, -0.2) is 0 Å². The van der Waals surface area contributed by atoms with E-state index in [1.165, 1.54) is 0 Å². The molecule has 0 aromatic heterocycles. The Morgan fingerprint density at radius 1 is 1.33 bits per heavy atom. The molecule has 0 amide bonds. The van der Waals surface area contributed by atoms with Crippen molar-refractivity contribution in [1.82, 2.24) is 0 Å². The topological polar surface area (TPSA) is 77.8 Å². The second-order valence-electron chi connectivity index (χ2n) is 9.09. The molecule has 7 unspecified atom stereocenters. The Bertz CT molecular complexity index is 675. The largest absolute Gasteiger partial charge is 0.392 e. The number of carbonyl (C=O) groups is 1. The van der Waals surface area contributed by atoms with Crippen LogP contribution in [0.4, 0.5) is 0 Å². The van der Waals surface area contributed by atoms with E-state index in [-0.39, 0.29) is 35.6 Å². The summed E-state index contributed by atoms with van der Waals surface area (Å²) in [6.07, 6.45) is 3.97. The van der Waals surface area contributed by atoms with Gasteiger partial charge >= 0.3 is 0 Å². The van der Waals surface area contributed by atoms with Crippen molar-refractivity contribution >= 4 is 5.78 Å². The van der Waals surface area contributed by atoms with Crippen molar-refractivity contribution in [1.29, 1.82) is 0 Å². The normalized spacial score (nSPS) is 51.8. The van der Waals surface area contributed by atoms with E-state index in [1.807, 2.05) is 19.9 Å². The van der Waals surface area contributed by atoms with Crippen LogP contribution in [0.3, 0.4) is 0 Å². The lowest BCUT2D eigenvalue weighted by molar-refractivity contribution is -0.166. The highest BCUT2D eigenvalue weighted by Gasteiger charge is 2.72. The van der Waals surface area contributed by atoms with Gasteiger partial charge in [-0.3, -0.25) is 4.79 Å². The second-order valence-corrected chi connectivity index (χ2v) is 9.09. The minimum absolute atomic E-state index is 0.0364. The number of aliphatic hydroxyl groups is 3. The van der Waals surface area contributed by atoms with E-state index in [0.717, 1.165) is 12.0 Å². The summed E-state index contributed by atoms with van der Waals surface area (Å²) in [6.45, 7) is 7.88. The second kappa shape index (κ2) is 4.60. The van der Waals surface area contributed by atoms with Gasteiger partial charge in [0, 0.05) is 11.8 Å². The first kappa shape index (κ1) is 16.5. The molecule has 4 aliphatic rings. The quantitative estimate of drug-likeness (QED) is 0.640. The van der Waals surface area contributed by atoms with Crippen LogP contribution in [0.1, 0.15) is 40.5 Å². The number of Topliss-reactive ketones (excluding diaryl/α,β-unsaturated/α-hetero) is 1. The van der Waals surface area contributed by atoms with Gasteiger partial charge in [0.15, 0.2) is 5.78 Å². The minimum Gasteiger partial charge on any atom is -0.392 e. The maximum atomic E-state index is 13.6. The number of allylic oxidation sites excluding steroid dienone is 1. The van der Waals surface area contributed by atoms with Gasteiger partial charge in [0.25, 0.3) is 0 Å². The van der Waals surface area contributed by atoms with Crippen LogP contribution in [0.25, 0.3) is 0 Å². The lowest BCUT2D eigenvalue weighted by Gasteiger charge is -2.46. The molecular formula is C20H28O4. The van der Waals surface area contributed by atoms with Crippen molar-refractivity contribution < 1.29 is 20.1 Å². The van der Waals surface area contributed by atoms with Crippen molar-refractivity contribution in [3.8, 4) is 0 Å². The summed E-state index contributed by atoms with van der Waals surface area (Å²) in [5, 5.41) is 32.4. The van der Waals surface area contributed by atoms with Gasteiger partial charge in [-0.15, -0.1) is 0 Å². The average molecular weight is 332 g/mol. The first-order chi connectivity index (χ1) is 11.1. The van der Waals surface area contributed by atoms with E-state index in [1.54, 1.807) is 6.08 Å². The van der Waals surface area contributed by atoms with Crippen LogP contribution < -0.4 is 0 Å². The third-order valence-electron chi connectivity index (χ3n) is 7.99. The zero-order valence-corrected chi connectivity index (χ0v) is 14.9. The molecule has 7 atom stereocenters. The van der Waals surface area contributed by atoms with Crippen molar-refractivity contribution in [2.75, 3.05) is 6.61 Å². The number of rotatable bonds is 1. The van der Waals surface area contributed by atoms with E-state index < -0.39 is 17.1 Å². The predicted octanol–water partition coefficient (Wildman–Crippen LogP) is 1.84. The highest BCUT2D eigenvalue weighted by Crippen LogP contribution is 2.70. The first-order valence-corrected chi connectivity index (χ1v) is 9.08. The fourth-order valence-electron chi connectivity index (χ4n) is 6.33. The molecule has 4 aliphatic carbocycles. The summed E-state index contributed by atoms with van der Waals surface area (Å²) in [5.41, 5.74) is -1.13. The summed E-state index contributed by atoms with van der Waals surface area (Å²) < 4.78 is 0. The van der Waals surface area contributed by atoms with Gasteiger partial charge in [0.1, 0.15) is 11.7 Å². The predicted molar refractivity (Wildman–Crippen MR) is 90.0 cm³/mol. The van der Waals surface area contributed by atoms with Gasteiger partial charge in [-0.2, -0.15) is 0 Å². The Morgan fingerprint density at radius 3 is 2.62 bits per heavy atom. The van der Waals surface area contributed by atoms with Crippen LogP contribution in [0.15, 0.2) is 23.3 Å². The fraction of sp³-hybridized carbons (Fsp3) is 0.750. The molecule has 24 heavy (non-hydrogen) atoms. The number of hydrogen-bond donors (Lipinski definition) is 3. The fourth-order valence-corrected chi connectivity index (χ4v) is 6.33. The molecule has 4 nitrogen and oxygen atoms in total. The van der Waals surface area contributed by atoms with Gasteiger partial charge in [0.2, 0.25) is 0 Å². The average Bonchev–Trinajstić information content (AvgIpc) is 3.07. The lowest BCUT2D eigenvalue weighted by atomic mass is 9.62. The molecule has 0 aromatic rings. The SMILES string of the molecule is CC1=CC23CCC4C(C(C=C(CO)C(O)C2(O)C1C)C3=O)C4(C)C. The zero-order valence-electron chi connectivity index (χ0n) is 14.9. The Morgan fingerprint density at radius 2 is 2.00 bits per heavy atom. The van der Waals surface area contributed by atoms with Gasteiger partial charge in [-0.1, -0.05) is 38.5 Å². The van der Waals surface area contributed by atoms with Crippen LogP contribution >= 0.6 is 0 Å². The highest BCUT2D eigenvalue weighted by molar-refractivity contribution is 5.94. The van der Waals surface area contributed by atoms with E-state index in [4.69, 9.17) is 0 Å². The Balaban J connectivity index is 1.95. The molecule has 0 heterocycles. The van der Waals surface area contributed by atoms with Crippen molar-refractivity contribution in [3.05, 3.63) is 23.3 Å². The van der Waals surface area contributed by atoms with Gasteiger partial charge in [-0.05, 0) is 42.6 Å². The molecule has 1 spiro atoms. The monoisotopic (exact) mass is 332 g/mol. The molecule has 0 saturated heterocycles. The van der Waals surface area contributed by atoms with Crippen molar-refractivity contribution in [3.63, 3.8) is 0 Å². The molecule has 132 valence electrons. The Labute approximate surface area is 143 Å². The maximum absolute atomic E-state index is 13.6. The summed E-state index contributed by atoms with van der Waals surface area (Å²) in [6, 6.07) is 0. The third-order valence-corrected chi connectivity index (χ3v) is 7.99. The number of ketones is 1. The van der Waals surface area contributed by atoms with E-state index >= 15 is 0 Å². The molecule has 4 heteroatoms. The lowest BCUT2D eigenvalue weighted by Crippen LogP contribution is -2.60. The molecule has 3 N–H and O–H groups in total. The summed E-state index contributed by atoms with van der Waals surface area (Å²) in [5.74, 6) is 0.103. The smallest absolute Gasteiger partial charge is 0.152 e. The number of hydrogen-bond acceptors (Lipinski definition) is 4. The number of fused-ring (bicyclic) bond motifs is 3. The Kier molecular flexibility index (Phi) is 3.16. The zero-order chi connectivity index (χ0) is 17.7. The first-order valence-electron chi connectivity index (χ1n) is 9.08. The molecular weight excluding hydrogens is 304 g/mol. The molecule has 0 radical (unpaired) electrons. The van der Waals surface area contributed by atoms with Crippen LogP contribution in [0.2, 0.25) is 0 Å². The third kappa shape index (κ3) is 1.58. The van der Waals surface area contributed by atoms with Gasteiger partial charge in [0.05, 0.1) is 12.0 Å². The van der Waals surface area contributed by atoms with Crippen LogP contribution in [0.5, 0.6) is 0 Å². The molecule has 4 rings (SSSR count). The molecule has 2 bridgehead atoms. The Hall–Kier alpha value is -0.970. The minimum atomic E-state index is -1.56. The molecule has 2 fully saturated rings. The van der Waals surface area contributed by atoms with Gasteiger partial charge < -0.3 is 15.3 Å². The van der Waals surface area contributed by atoms with E-state index in [0.29, 0.717) is 17.9 Å². The molecule has 0 aliphatic heterocycles. The van der Waals surface area contributed by atoms with Crippen molar-refractivity contribution in [2.45, 2.75) is 52.2 Å². The van der Waals surface area contributed by atoms with E-state index in [2.05, 4.69) is 13.8 Å². The summed E-state index contributed by atoms with van der Waals surface area (Å²) in [7, 11) is 0. The summed E-state index contributed by atoms with van der Waals surface area (Å²) >= 11 is 0. The maximum Gasteiger partial charge on any atom is 0.152 e. The number of carbonyl (C=O) groups excluding carboxylic acids is 1.